The molecule has 0 aromatic rings. The van der Waals surface area contributed by atoms with E-state index in [1.807, 2.05) is 6.92 Å². The molecule has 0 radical (unpaired) electrons. The smallest absolute Gasteiger partial charge is 0.321 e. The second-order valence-electron chi connectivity index (χ2n) is 4.65. The van der Waals surface area contributed by atoms with Crippen LogP contribution < -0.4 is 5.32 Å². The summed E-state index contributed by atoms with van der Waals surface area (Å²) in [6.45, 7) is 2.92. The van der Waals surface area contributed by atoms with Gasteiger partial charge in [-0.3, -0.25) is 9.59 Å². The summed E-state index contributed by atoms with van der Waals surface area (Å²) in [5.74, 6) is -1.16. The Labute approximate surface area is 94.2 Å². The molecule has 0 spiro atoms. The van der Waals surface area contributed by atoms with Gasteiger partial charge >= 0.3 is 11.9 Å². The Kier molecular flexibility index (Phi) is 2.88. The predicted molar refractivity (Wildman–Crippen MR) is 55.8 cm³/mol. The van der Waals surface area contributed by atoms with Crippen molar-refractivity contribution in [3.05, 3.63) is 0 Å². The van der Waals surface area contributed by atoms with Crippen molar-refractivity contribution in [1.82, 2.24) is 5.32 Å². The van der Waals surface area contributed by atoms with Gasteiger partial charge in [0.25, 0.3) is 0 Å². The van der Waals surface area contributed by atoms with Gasteiger partial charge in [-0.15, -0.1) is 0 Å². The highest BCUT2D eigenvalue weighted by molar-refractivity contribution is 5.86. The molecule has 0 aromatic heterocycles. The molecule has 1 aliphatic carbocycles. The molecule has 2 rings (SSSR count). The van der Waals surface area contributed by atoms with Crippen LogP contribution in [-0.2, 0) is 14.3 Å². The topological polar surface area (TPSA) is 75.6 Å². The molecule has 2 fully saturated rings. The molecular weight excluding hydrogens is 210 g/mol. The highest BCUT2D eigenvalue weighted by Crippen LogP contribution is 2.58. The third-order valence-electron chi connectivity index (χ3n) is 3.58. The number of fused-ring (bicyclic) bond motifs is 1. The zero-order valence-electron chi connectivity index (χ0n) is 9.36. The maximum atomic E-state index is 11.8. The second kappa shape index (κ2) is 4.05. The van der Waals surface area contributed by atoms with Gasteiger partial charge in [-0.1, -0.05) is 13.3 Å². The number of aliphatic carboxylic acids is 1. The van der Waals surface area contributed by atoms with Crippen LogP contribution in [-0.4, -0.2) is 36.2 Å². The average Bonchev–Trinajstić information content (AvgIpc) is 2.85. The van der Waals surface area contributed by atoms with E-state index in [0.29, 0.717) is 19.6 Å². The van der Waals surface area contributed by atoms with Crippen LogP contribution in [0.25, 0.3) is 0 Å². The molecule has 2 N–H and O–H groups in total. The number of ether oxygens (including phenoxy) is 1. The van der Waals surface area contributed by atoms with Crippen molar-refractivity contribution in [1.29, 1.82) is 0 Å². The minimum Gasteiger partial charge on any atom is -0.480 e. The molecule has 5 nitrogen and oxygen atoms in total. The fraction of sp³-hybridized carbons (Fsp3) is 0.818. The van der Waals surface area contributed by atoms with Crippen LogP contribution in [0.5, 0.6) is 0 Å². The second-order valence-corrected chi connectivity index (χ2v) is 4.65. The summed E-state index contributed by atoms with van der Waals surface area (Å²) in [7, 11) is 0. The maximum absolute atomic E-state index is 11.8. The summed E-state index contributed by atoms with van der Waals surface area (Å²) >= 11 is 0. The molecule has 5 heteroatoms. The van der Waals surface area contributed by atoms with Crippen molar-refractivity contribution in [2.24, 2.45) is 11.3 Å². The zero-order valence-corrected chi connectivity index (χ0v) is 9.36. The number of piperidine rings is 1. The van der Waals surface area contributed by atoms with Gasteiger partial charge in [-0.05, 0) is 12.8 Å². The number of hydrogen-bond donors (Lipinski definition) is 2. The summed E-state index contributed by atoms with van der Waals surface area (Å²) in [4.78, 5) is 22.6. The first kappa shape index (κ1) is 11.4. The molecule has 0 bridgehead atoms. The number of rotatable bonds is 5. The largest absolute Gasteiger partial charge is 0.480 e. The number of hydrogen-bond acceptors (Lipinski definition) is 4. The Bertz CT molecular complexity index is 317. The zero-order chi connectivity index (χ0) is 11.8. The van der Waals surface area contributed by atoms with Gasteiger partial charge in [0.2, 0.25) is 0 Å². The van der Waals surface area contributed by atoms with Crippen molar-refractivity contribution >= 4 is 11.9 Å². The van der Waals surface area contributed by atoms with E-state index in [1.54, 1.807) is 0 Å². The van der Waals surface area contributed by atoms with Gasteiger partial charge in [0.15, 0.2) is 0 Å². The normalized spacial score (nSPS) is 35.6. The molecule has 90 valence electrons. The standard InChI is InChI=1S/C11H17NO4/c1-2-3-4-16-10(15)11-5-7(11)8(9(13)14)12-6-11/h7-8,12H,2-6H2,1H3,(H,13,14). The Morgan fingerprint density at radius 2 is 2.31 bits per heavy atom. The molecule has 16 heavy (non-hydrogen) atoms. The van der Waals surface area contributed by atoms with E-state index in [-0.39, 0.29) is 11.9 Å². The number of esters is 1. The lowest BCUT2D eigenvalue weighted by Crippen LogP contribution is -2.34. The van der Waals surface area contributed by atoms with E-state index in [9.17, 15) is 9.59 Å². The quantitative estimate of drug-likeness (QED) is 0.525. The fourth-order valence-electron chi connectivity index (χ4n) is 2.43. The van der Waals surface area contributed by atoms with Gasteiger partial charge in [-0.25, -0.2) is 0 Å². The molecule has 1 heterocycles. The third kappa shape index (κ3) is 1.69. The van der Waals surface area contributed by atoms with Crippen molar-refractivity contribution in [2.75, 3.05) is 13.2 Å². The fourth-order valence-corrected chi connectivity index (χ4v) is 2.43. The lowest BCUT2D eigenvalue weighted by molar-refractivity contribution is -0.150. The Morgan fingerprint density at radius 1 is 1.56 bits per heavy atom. The highest BCUT2D eigenvalue weighted by atomic mass is 16.5. The van der Waals surface area contributed by atoms with Crippen LogP contribution in [0.15, 0.2) is 0 Å². The summed E-state index contributed by atoms with van der Waals surface area (Å²) < 4.78 is 5.17. The molecule has 2 aliphatic rings. The van der Waals surface area contributed by atoms with Crippen LogP contribution >= 0.6 is 0 Å². The predicted octanol–water partition coefficient (Wildman–Crippen LogP) is 0.392. The van der Waals surface area contributed by atoms with E-state index in [2.05, 4.69) is 5.32 Å². The summed E-state index contributed by atoms with van der Waals surface area (Å²) in [5.41, 5.74) is -0.531. The minimum absolute atomic E-state index is 0.0703. The number of unbranched alkanes of at least 4 members (excludes halogenated alkanes) is 1. The summed E-state index contributed by atoms with van der Waals surface area (Å²) in [6, 6.07) is -0.571. The molecule has 1 aliphatic heterocycles. The van der Waals surface area contributed by atoms with E-state index in [1.165, 1.54) is 0 Å². The number of carbonyl (C=O) groups is 2. The minimum atomic E-state index is -0.870. The first-order chi connectivity index (χ1) is 7.62. The van der Waals surface area contributed by atoms with E-state index in [0.717, 1.165) is 12.8 Å². The van der Waals surface area contributed by atoms with Crippen LogP contribution in [0.1, 0.15) is 26.2 Å². The van der Waals surface area contributed by atoms with Gasteiger partial charge in [0, 0.05) is 12.5 Å². The number of carboxylic acids is 1. The van der Waals surface area contributed by atoms with Crippen molar-refractivity contribution < 1.29 is 19.4 Å². The van der Waals surface area contributed by atoms with Gasteiger partial charge in [0.05, 0.1) is 12.0 Å². The lowest BCUT2D eigenvalue weighted by atomic mass is 10.1. The van der Waals surface area contributed by atoms with Gasteiger partial charge in [-0.2, -0.15) is 0 Å². The van der Waals surface area contributed by atoms with Crippen LogP contribution in [0.4, 0.5) is 0 Å². The van der Waals surface area contributed by atoms with Gasteiger partial charge in [0.1, 0.15) is 6.04 Å². The Hall–Kier alpha value is -1.10. The van der Waals surface area contributed by atoms with Gasteiger partial charge < -0.3 is 15.2 Å². The molecule has 1 saturated heterocycles. The monoisotopic (exact) mass is 227 g/mol. The molecule has 1 saturated carbocycles. The Morgan fingerprint density at radius 3 is 2.81 bits per heavy atom. The number of carboxylic acid groups (broad SMARTS) is 1. The van der Waals surface area contributed by atoms with E-state index >= 15 is 0 Å². The summed E-state index contributed by atoms with van der Waals surface area (Å²) in [6.07, 6.45) is 2.50. The van der Waals surface area contributed by atoms with E-state index < -0.39 is 17.4 Å². The van der Waals surface area contributed by atoms with Crippen molar-refractivity contribution in [2.45, 2.75) is 32.2 Å². The number of nitrogens with one attached hydrogen (secondary N) is 1. The first-order valence-electron chi connectivity index (χ1n) is 5.75. The maximum Gasteiger partial charge on any atom is 0.321 e. The first-order valence-corrected chi connectivity index (χ1v) is 5.75. The molecule has 0 aromatic carbocycles. The third-order valence-corrected chi connectivity index (χ3v) is 3.58. The van der Waals surface area contributed by atoms with Crippen LogP contribution in [0, 0.1) is 11.3 Å². The molecular formula is C11H17NO4. The SMILES string of the molecule is CCCCOC(=O)C12CNC(C(=O)O)C1C2. The lowest BCUT2D eigenvalue weighted by Gasteiger charge is -2.10. The molecule has 3 unspecified atom stereocenters. The molecule has 0 amide bonds. The summed E-state index contributed by atoms with van der Waals surface area (Å²) in [5, 5.41) is 11.8. The molecule has 3 atom stereocenters. The van der Waals surface area contributed by atoms with E-state index in [4.69, 9.17) is 9.84 Å². The van der Waals surface area contributed by atoms with Crippen LogP contribution in [0.3, 0.4) is 0 Å². The average molecular weight is 227 g/mol. The van der Waals surface area contributed by atoms with Crippen molar-refractivity contribution in [3.8, 4) is 0 Å². The van der Waals surface area contributed by atoms with Crippen LogP contribution in [0.2, 0.25) is 0 Å². The number of carbonyl (C=O) groups excluding carboxylic acids is 1. The highest BCUT2D eigenvalue weighted by Gasteiger charge is 2.69. The van der Waals surface area contributed by atoms with Crippen molar-refractivity contribution in [3.63, 3.8) is 0 Å². The Balaban J connectivity index is 1.88.